The van der Waals surface area contributed by atoms with Crippen molar-refractivity contribution in [3.8, 4) is 22.6 Å². The Morgan fingerprint density at radius 2 is 1.82 bits per heavy atom. The molecule has 4 rings (SSSR count). The van der Waals surface area contributed by atoms with Crippen LogP contribution in [-0.2, 0) is 6.42 Å². The van der Waals surface area contributed by atoms with Crippen LogP contribution in [-0.4, -0.2) is 28.8 Å². The topological polar surface area (TPSA) is 96.1 Å². The highest BCUT2D eigenvalue weighted by molar-refractivity contribution is 6.31. The number of aromatic amines is 1. The van der Waals surface area contributed by atoms with Gasteiger partial charge in [-0.1, -0.05) is 36.7 Å². The quantitative estimate of drug-likeness (QED) is 0.320. The van der Waals surface area contributed by atoms with Gasteiger partial charge in [0.05, 0.1) is 0 Å². The molecule has 2 aromatic carbocycles. The van der Waals surface area contributed by atoms with E-state index in [9.17, 15) is 9.59 Å². The predicted octanol–water partition coefficient (Wildman–Crippen LogP) is 5.70. The van der Waals surface area contributed by atoms with Gasteiger partial charge in [0, 0.05) is 41.8 Å². The molecule has 172 valence electrons. The summed E-state index contributed by atoms with van der Waals surface area (Å²) in [6.07, 6.45) is 4.10. The Morgan fingerprint density at radius 3 is 2.59 bits per heavy atom. The summed E-state index contributed by atoms with van der Waals surface area (Å²) in [7, 11) is 1.55. The van der Waals surface area contributed by atoms with Crippen molar-refractivity contribution in [2.75, 3.05) is 12.4 Å². The van der Waals surface area contributed by atoms with E-state index in [-0.39, 0.29) is 17.5 Å². The summed E-state index contributed by atoms with van der Waals surface area (Å²) in [5.74, 6) is 0.524. The van der Waals surface area contributed by atoms with Gasteiger partial charge in [0.25, 0.3) is 11.8 Å². The third-order valence-corrected chi connectivity index (χ3v) is 5.57. The lowest BCUT2D eigenvalue weighted by atomic mass is 10.1. The summed E-state index contributed by atoms with van der Waals surface area (Å²) in [6, 6.07) is 18.0. The zero-order valence-corrected chi connectivity index (χ0v) is 19.4. The monoisotopic (exact) mass is 474 g/mol. The summed E-state index contributed by atoms with van der Waals surface area (Å²) in [5.41, 5.74) is 4.04. The van der Waals surface area contributed by atoms with E-state index in [1.54, 1.807) is 37.5 Å². The fraction of sp³-hybridized carbons (Fsp3) is 0.115. The number of carbonyl (C=O) groups excluding carboxylic acids is 2. The van der Waals surface area contributed by atoms with Crippen LogP contribution < -0.4 is 15.4 Å². The number of hydrogen-bond acceptors (Lipinski definition) is 4. The molecule has 0 radical (unpaired) electrons. The Balaban J connectivity index is 1.48. The number of nitrogens with zero attached hydrogens (tertiary/aromatic N) is 1. The van der Waals surface area contributed by atoms with Crippen LogP contribution >= 0.6 is 11.6 Å². The van der Waals surface area contributed by atoms with Gasteiger partial charge in [-0.3, -0.25) is 14.6 Å². The van der Waals surface area contributed by atoms with Crippen molar-refractivity contribution in [2.45, 2.75) is 13.3 Å². The molecule has 0 aliphatic rings. The van der Waals surface area contributed by atoms with Gasteiger partial charge in [0.2, 0.25) is 0 Å². The number of aromatic nitrogens is 2. The highest BCUT2D eigenvalue weighted by Crippen LogP contribution is 2.28. The Kier molecular flexibility index (Phi) is 6.94. The number of halogens is 1. The lowest BCUT2D eigenvalue weighted by Crippen LogP contribution is -2.18. The standard InChI is InChI=1S/C26H23ClN4O3/c1-3-16-7-8-19(13-22(16)27)31-26(33)23-12-18(15-30-23)17-5-4-6-20(11-17)34-21-9-10-29-24(14-21)25(32)28-2/h4-15,30H,3H2,1-2H3,(H,28,32)(H,31,33). The molecular weight excluding hydrogens is 452 g/mol. The molecule has 0 bridgehead atoms. The van der Waals surface area contributed by atoms with E-state index in [4.69, 9.17) is 16.3 Å². The Hall–Kier alpha value is -4.10. The van der Waals surface area contributed by atoms with Gasteiger partial charge in [-0.2, -0.15) is 0 Å². The van der Waals surface area contributed by atoms with Crippen molar-refractivity contribution < 1.29 is 14.3 Å². The van der Waals surface area contributed by atoms with E-state index in [1.165, 1.54) is 6.20 Å². The zero-order valence-electron chi connectivity index (χ0n) is 18.7. The second kappa shape index (κ2) is 10.2. The van der Waals surface area contributed by atoms with Crippen molar-refractivity contribution in [3.05, 3.63) is 95.0 Å². The van der Waals surface area contributed by atoms with Crippen molar-refractivity contribution in [3.63, 3.8) is 0 Å². The van der Waals surface area contributed by atoms with Gasteiger partial charge in [0.1, 0.15) is 22.9 Å². The van der Waals surface area contributed by atoms with Gasteiger partial charge in [-0.15, -0.1) is 0 Å². The molecule has 0 fully saturated rings. The lowest BCUT2D eigenvalue weighted by Gasteiger charge is -2.08. The molecule has 0 atom stereocenters. The van der Waals surface area contributed by atoms with Gasteiger partial charge < -0.3 is 20.4 Å². The molecule has 0 unspecified atom stereocenters. The van der Waals surface area contributed by atoms with E-state index in [0.29, 0.717) is 27.9 Å². The number of benzene rings is 2. The largest absolute Gasteiger partial charge is 0.457 e. The molecular formula is C26H23ClN4O3. The Bertz CT molecular complexity index is 1350. The Morgan fingerprint density at radius 1 is 1.00 bits per heavy atom. The first-order valence-corrected chi connectivity index (χ1v) is 11.1. The van der Waals surface area contributed by atoms with E-state index < -0.39 is 0 Å². The smallest absolute Gasteiger partial charge is 0.272 e. The normalized spacial score (nSPS) is 10.6. The lowest BCUT2D eigenvalue weighted by molar-refractivity contribution is 0.0957. The molecule has 2 aromatic heterocycles. The predicted molar refractivity (Wildman–Crippen MR) is 133 cm³/mol. The van der Waals surface area contributed by atoms with Crippen molar-refractivity contribution >= 4 is 29.1 Å². The molecule has 7 nitrogen and oxygen atoms in total. The molecule has 0 aliphatic heterocycles. The average Bonchev–Trinajstić information content (AvgIpc) is 3.35. The number of nitrogens with one attached hydrogen (secondary N) is 3. The zero-order chi connectivity index (χ0) is 24.1. The molecule has 2 amide bonds. The van der Waals surface area contributed by atoms with E-state index >= 15 is 0 Å². The number of anilines is 1. The maximum atomic E-state index is 12.7. The SMILES string of the molecule is CCc1ccc(NC(=O)c2cc(-c3cccc(Oc4ccnc(C(=O)NC)c4)c3)c[nH]2)cc1Cl. The minimum atomic E-state index is -0.291. The second-order valence-electron chi connectivity index (χ2n) is 7.50. The maximum Gasteiger partial charge on any atom is 0.272 e. The first kappa shape index (κ1) is 23.1. The van der Waals surface area contributed by atoms with Crippen molar-refractivity contribution in [1.29, 1.82) is 0 Å². The summed E-state index contributed by atoms with van der Waals surface area (Å²) in [4.78, 5) is 31.6. The third-order valence-electron chi connectivity index (χ3n) is 5.21. The molecule has 0 saturated carbocycles. The van der Waals surface area contributed by atoms with Gasteiger partial charge in [-0.25, -0.2) is 0 Å². The van der Waals surface area contributed by atoms with Crippen LogP contribution in [0.2, 0.25) is 5.02 Å². The second-order valence-corrected chi connectivity index (χ2v) is 7.91. The summed E-state index contributed by atoms with van der Waals surface area (Å²) in [5, 5.41) is 6.02. The van der Waals surface area contributed by atoms with Crippen molar-refractivity contribution in [2.24, 2.45) is 0 Å². The van der Waals surface area contributed by atoms with Gasteiger partial charge >= 0.3 is 0 Å². The van der Waals surface area contributed by atoms with Crippen LogP contribution in [0.25, 0.3) is 11.1 Å². The van der Waals surface area contributed by atoms with E-state index in [2.05, 4.69) is 20.6 Å². The summed E-state index contributed by atoms with van der Waals surface area (Å²) >= 11 is 6.25. The maximum absolute atomic E-state index is 12.7. The average molecular weight is 475 g/mol. The van der Waals surface area contributed by atoms with Crippen LogP contribution in [0.1, 0.15) is 33.5 Å². The number of amides is 2. The molecule has 3 N–H and O–H groups in total. The van der Waals surface area contributed by atoms with Crippen molar-refractivity contribution in [1.82, 2.24) is 15.3 Å². The minimum absolute atomic E-state index is 0.266. The number of H-pyrrole nitrogens is 1. The third kappa shape index (κ3) is 5.27. The number of hydrogen-bond donors (Lipinski definition) is 3. The number of pyridine rings is 1. The van der Waals surface area contributed by atoms with Gasteiger partial charge in [-0.05, 0) is 53.9 Å². The highest BCUT2D eigenvalue weighted by atomic mass is 35.5. The van der Waals surface area contributed by atoms with E-state index in [1.807, 2.05) is 43.3 Å². The number of carbonyl (C=O) groups is 2. The van der Waals surface area contributed by atoms with Gasteiger partial charge in [0.15, 0.2) is 0 Å². The van der Waals surface area contributed by atoms with Crippen LogP contribution in [0.3, 0.4) is 0 Å². The highest BCUT2D eigenvalue weighted by Gasteiger charge is 2.12. The first-order valence-electron chi connectivity index (χ1n) is 10.7. The van der Waals surface area contributed by atoms with Crippen LogP contribution in [0.5, 0.6) is 11.5 Å². The fourth-order valence-electron chi connectivity index (χ4n) is 3.40. The minimum Gasteiger partial charge on any atom is -0.457 e. The number of rotatable bonds is 7. The number of ether oxygens (including phenoxy) is 1. The molecule has 8 heteroatoms. The van der Waals surface area contributed by atoms with Crippen LogP contribution in [0.4, 0.5) is 5.69 Å². The van der Waals surface area contributed by atoms with Crippen LogP contribution in [0.15, 0.2) is 73.1 Å². The number of aryl methyl sites for hydroxylation is 1. The Labute approximate surface area is 202 Å². The molecule has 0 spiro atoms. The van der Waals surface area contributed by atoms with E-state index in [0.717, 1.165) is 23.1 Å². The molecule has 0 saturated heterocycles. The summed E-state index contributed by atoms with van der Waals surface area (Å²) in [6.45, 7) is 2.03. The van der Waals surface area contributed by atoms with Crippen LogP contribution in [0, 0.1) is 0 Å². The summed E-state index contributed by atoms with van der Waals surface area (Å²) < 4.78 is 5.92. The fourth-order valence-corrected chi connectivity index (χ4v) is 3.72. The molecule has 4 aromatic rings. The molecule has 2 heterocycles. The molecule has 34 heavy (non-hydrogen) atoms. The first-order chi connectivity index (χ1) is 16.5. The molecule has 0 aliphatic carbocycles.